The molecule has 0 radical (unpaired) electrons. The lowest BCUT2D eigenvalue weighted by Gasteiger charge is -2.17. The quantitative estimate of drug-likeness (QED) is 0.870. The minimum Gasteiger partial charge on any atom is -0.469 e. The molecule has 0 aliphatic rings. The molecule has 0 aromatic heterocycles. The Morgan fingerprint density at radius 2 is 1.81 bits per heavy atom. The number of hydrogen-bond acceptors (Lipinski definition) is 3. The SMILES string of the molecule is COC(=O)CCN(C)C(=O)Nc1ccc(C(F)(F)F)cc1. The zero-order chi connectivity index (χ0) is 16.0. The maximum Gasteiger partial charge on any atom is 0.416 e. The van der Waals surface area contributed by atoms with Crippen molar-refractivity contribution < 1.29 is 27.5 Å². The van der Waals surface area contributed by atoms with Crippen molar-refractivity contribution in [3.63, 3.8) is 0 Å². The number of hydrogen-bond donors (Lipinski definition) is 1. The van der Waals surface area contributed by atoms with Gasteiger partial charge < -0.3 is 15.0 Å². The lowest BCUT2D eigenvalue weighted by atomic mass is 10.2. The van der Waals surface area contributed by atoms with Crippen LogP contribution < -0.4 is 5.32 Å². The van der Waals surface area contributed by atoms with E-state index in [1.54, 1.807) is 0 Å². The summed E-state index contributed by atoms with van der Waals surface area (Å²) in [6.45, 7) is 0.138. The largest absolute Gasteiger partial charge is 0.469 e. The normalized spacial score (nSPS) is 10.9. The van der Waals surface area contributed by atoms with E-state index >= 15 is 0 Å². The lowest BCUT2D eigenvalue weighted by molar-refractivity contribution is -0.140. The number of nitrogens with zero attached hydrogens (tertiary/aromatic N) is 1. The van der Waals surface area contributed by atoms with Crippen LogP contribution in [-0.2, 0) is 15.7 Å². The molecule has 0 unspecified atom stereocenters. The Balaban J connectivity index is 2.56. The minimum absolute atomic E-state index is 0.0352. The van der Waals surface area contributed by atoms with Gasteiger partial charge in [-0.05, 0) is 24.3 Å². The van der Waals surface area contributed by atoms with E-state index in [0.29, 0.717) is 0 Å². The van der Waals surface area contributed by atoms with Gasteiger partial charge in [0, 0.05) is 19.3 Å². The molecule has 1 rings (SSSR count). The molecule has 0 saturated carbocycles. The first-order chi connectivity index (χ1) is 9.74. The van der Waals surface area contributed by atoms with Crippen LogP contribution in [0.3, 0.4) is 0 Å². The second-order valence-corrected chi connectivity index (χ2v) is 4.25. The molecular weight excluding hydrogens is 289 g/mol. The Kier molecular flexibility index (Phi) is 5.57. The van der Waals surface area contributed by atoms with Crippen LogP contribution in [0.15, 0.2) is 24.3 Å². The number of rotatable bonds is 4. The van der Waals surface area contributed by atoms with Crippen molar-refractivity contribution in [1.82, 2.24) is 4.90 Å². The number of ether oxygens (including phenoxy) is 1. The van der Waals surface area contributed by atoms with Crippen LogP contribution in [-0.4, -0.2) is 37.6 Å². The summed E-state index contributed by atoms with van der Waals surface area (Å²) in [6, 6.07) is 3.55. The van der Waals surface area contributed by atoms with Crippen LogP contribution in [0.4, 0.5) is 23.7 Å². The molecule has 0 bridgehead atoms. The Morgan fingerprint density at radius 3 is 2.29 bits per heavy atom. The van der Waals surface area contributed by atoms with E-state index in [0.717, 1.165) is 24.3 Å². The van der Waals surface area contributed by atoms with Gasteiger partial charge >= 0.3 is 18.2 Å². The molecule has 5 nitrogen and oxygen atoms in total. The standard InChI is InChI=1S/C13H15F3N2O3/c1-18(8-7-11(19)21-2)12(20)17-10-5-3-9(4-6-10)13(14,15)16/h3-6H,7-8H2,1-2H3,(H,17,20). The third-order valence-electron chi connectivity index (χ3n) is 2.69. The zero-order valence-electron chi connectivity index (χ0n) is 11.5. The highest BCUT2D eigenvalue weighted by molar-refractivity contribution is 5.89. The molecule has 8 heteroatoms. The van der Waals surface area contributed by atoms with Crippen LogP contribution in [0.2, 0.25) is 0 Å². The fourth-order valence-electron chi connectivity index (χ4n) is 1.42. The molecule has 0 aliphatic carbocycles. The van der Waals surface area contributed by atoms with Gasteiger partial charge in [-0.3, -0.25) is 4.79 Å². The average molecular weight is 304 g/mol. The predicted molar refractivity (Wildman–Crippen MR) is 69.7 cm³/mol. The highest BCUT2D eigenvalue weighted by atomic mass is 19.4. The number of amides is 2. The first kappa shape index (κ1) is 16.8. The molecule has 0 fully saturated rings. The van der Waals surface area contributed by atoms with E-state index in [4.69, 9.17) is 0 Å². The van der Waals surface area contributed by atoms with Crippen LogP contribution in [0.5, 0.6) is 0 Å². The molecule has 1 aromatic rings. The number of urea groups is 1. The fourth-order valence-corrected chi connectivity index (χ4v) is 1.42. The zero-order valence-corrected chi connectivity index (χ0v) is 11.5. The summed E-state index contributed by atoms with van der Waals surface area (Å²) in [7, 11) is 2.70. The number of anilines is 1. The fraction of sp³-hybridized carbons (Fsp3) is 0.385. The molecule has 0 saturated heterocycles. The molecule has 0 heterocycles. The smallest absolute Gasteiger partial charge is 0.416 e. The second-order valence-electron chi connectivity index (χ2n) is 4.25. The van der Waals surface area contributed by atoms with Gasteiger partial charge in [0.1, 0.15) is 0 Å². The van der Waals surface area contributed by atoms with Crippen molar-refractivity contribution in [2.75, 3.05) is 26.0 Å². The van der Waals surface area contributed by atoms with Crippen molar-refractivity contribution in [2.24, 2.45) is 0 Å². The van der Waals surface area contributed by atoms with Crippen molar-refractivity contribution >= 4 is 17.7 Å². The van der Waals surface area contributed by atoms with Gasteiger partial charge in [-0.1, -0.05) is 0 Å². The van der Waals surface area contributed by atoms with Crippen molar-refractivity contribution in [1.29, 1.82) is 0 Å². The summed E-state index contributed by atoms with van der Waals surface area (Å²) in [5, 5.41) is 2.43. The number of methoxy groups -OCH3 is 1. The van der Waals surface area contributed by atoms with Gasteiger partial charge in [0.2, 0.25) is 0 Å². The molecular formula is C13H15F3N2O3. The van der Waals surface area contributed by atoms with Crippen LogP contribution in [0.25, 0.3) is 0 Å². The topological polar surface area (TPSA) is 58.6 Å². The molecule has 1 aromatic carbocycles. The second kappa shape index (κ2) is 6.96. The molecule has 1 N–H and O–H groups in total. The Labute approximate surface area is 119 Å². The van der Waals surface area contributed by atoms with Gasteiger partial charge in [0.05, 0.1) is 19.1 Å². The van der Waals surface area contributed by atoms with Crippen molar-refractivity contribution in [2.45, 2.75) is 12.6 Å². The monoisotopic (exact) mass is 304 g/mol. The highest BCUT2D eigenvalue weighted by Gasteiger charge is 2.30. The first-order valence-corrected chi connectivity index (χ1v) is 6.00. The number of carbonyl (C=O) groups is 2. The summed E-state index contributed by atoms with van der Waals surface area (Å²) in [4.78, 5) is 23.9. The Hall–Kier alpha value is -2.25. The van der Waals surface area contributed by atoms with Crippen LogP contribution >= 0.6 is 0 Å². The third-order valence-corrected chi connectivity index (χ3v) is 2.69. The number of esters is 1. The summed E-state index contributed by atoms with van der Waals surface area (Å²) in [5.74, 6) is -0.454. The Bertz CT molecular complexity index is 500. The summed E-state index contributed by atoms with van der Waals surface area (Å²) in [5.41, 5.74) is -0.558. The molecule has 0 aliphatic heterocycles. The van der Waals surface area contributed by atoms with Crippen molar-refractivity contribution in [3.8, 4) is 0 Å². The van der Waals surface area contributed by atoms with E-state index in [2.05, 4.69) is 10.1 Å². The van der Waals surface area contributed by atoms with E-state index < -0.39 is 23.7 Å². The molecule has 0 atom stereocenters. The molecule has 21 heavy (non-hydrogen) atoms. The third kappa shape index (κ3) is 5.33. The van der Waals surface area contributed by atoms with Gasteiger partial charge in [0.15, 0.2) is 0 Å². The highest BCUT2D eigenvalue weighted by Crippen LogP contribution is 2.29. The maximum atomic E-state index is 12.4. The van der Waals surface area contributed by atoms with Crippen molar-refractivity contribution in [3.05, 3.63) is 29.8 Å². The Morgan fingerprint density at radius 1 is 1.24 bits per heavy atom. The minimum atomic E-state index is -4.42. The average Bonchev–Trinajstić information content (AvgIpc) is 2.43. The van der Waals surface area contributed by atoms with Gasteiger partial charge in [0.25, 0.3) is 0 Å². The molecule has 116 valence electrons. The molecule has 0 spiro atoms. The maximum absolute atomic E-state index is 12.4. The first-order valence-electron chi connectivity index (χ1n) is 6.00. The lowest BCUT2D eigenvalue weighted by Crippen LogP contribution is -2.33. The summed E-state index contributed by atoms with van der Waals surface area (Å²) < 4.78 is 41.6. The summed E-state index contributed by atoms with van der Waals surface area (Å²) >= 11 is 0. The van der Waals surface area contributed by atoms with Gasteiger partial charge in [-0.15, -0.1) is 0 Å². The van der Waals surface area contributed by atoms with E-state index in [9.17, 15) is 22.8 Å². The van der Waals surface area contributed by atoms with E-state index in [1.165, 1.54) is 19.1 Å². The van der Waals surface area contributed by atoms with Gasteiger partial charge in [-0.2, -0.15) is 13.2 Å². The van der Waals surface area contributed by atoms with E-state index in [1.807, 2.05) is 0 Å². The number of nitrogens with one attached hydrogen (secondary N) is 1. The summed E-state index contributed by atoms with van der Waals surface area (Å²) in [6.07, 6.45) is -4.38. The molecule has 2 amide bonds. The number of carbonyl (C=O) groups excluding carboxylic acids is 2. The van der Waals surface area contributed by atoms with E-state index in [-0.39, 0.29) is 18.7 Å². The predicted octanol–water partition coefficient (Wildman–Crippen LogP) is 2.73. The number of alkyl halides is 3. The van der Waals surface area contributed by atoms with Crippen LogP contribution in [0, 0.1) is 0 Å². The number of benzene rings is 1. The van der Waals surface area contributed by atoms with Crippen LogP contribution in [0.1, 0.15) is 12.0 Å². The van der Waals surface area contributed by atoms with Gasteiger partial charge in [-0.25, -0.2) is 4.79 Å². The number of halogens is 3.